The summed E-state index contributed by atoms with van der Waals surface area (Å²) >= 11 is 0. The van der Waals surface area contributed by atoms with Crippen molar-refractivity contribution < 1.29 is 69.0 Å². The number of hydrogen-bond acceptors (Lipinski definition) is 14. The first-order valence-corrected chi connectivity index (χ1v) is 30.5. The van der Waals surface area contributed by atoms with Gasteiger partial charge < -0.3 is 64.2 Å². The van der Waals surface area contributed by atoms with E-state index in [9.17, 15) is 40.5 Å². The van der Waals surface area contributed by atoms with Gasteiger partial charge in [0, 0.05) is 13.0 Å². The molecule has 446 valence electrons. The summed E-state index contributed by atoms with van der Waals surface area (Å²) in [6.07, 6.45) is 47.0. The fourth-order valence-electron chi connectivity index (χ4n) is 9.37. The molecule has 0 bridgehead atoms. The summed E-state index contributed by atoms with van der Waals surface area (Å²) in [5.41, 5.74) is 0. The molecular weight excluding hydrogens is 981 g/mol. The van der Waals surface area contributed by atoms with Crippen molar-refractivity contribution in [3.05, 3.63) is 72.9 Å². The molecule has 0 aromatic carbocycles. The maximum absolute atomic E-state index is 13.0. The molecule has 0 radical (unpaired) electrons. The first kappa shape index (κ1) is 70.5. The summed E-state index contributed by atoms with van der Waals surface area (Å²) in [4.78, 5) is 13.0. The van der Waals surface area contributed by atoms with E-state index < -0.39 is 86.7 Å². The van der Waals surface area contributed by atoms with Crippen LogP contribution in [0.25, 0.3) is 0 Å². The quantitative estimate of drug-likeness (QED) is 0.0172. The van der Waals surface area contributed by atoms with Crippen molar-refractivity contribution in [3.8, 4) is 0 Å². The van der Waals surface area contributed by atoms with E-state index in [1.165, 1.54) is 135 Å². The number of carbonyl (C=O) groups is 1. The molecular formula is C63H110O14. The maximum Gasteiger partial charge on any atom is 0.306 e. The Morgan fingerprint density at radius 2 is 0.818 bits per heavy atom. The number of unbranched alkanes of at least 4 members (excludes halogenated alkanes) is 23. The predicted molar refractivity (Wildman–Crippen MR) is 307 cm³/mol. The second kappa shape index (κ2) is 49.3. The summed E-state index contributed by atoms with van der Waals surface area (Å²) in [5.74, 6) is -0.456. The SMILES string of the molecule is CC/C=C\C/C=C\C/C=C\C/C=C\C/C=C\C/C=C\CCC(=O)OC(COCCCCCCCCCCCCCCCCCCCCCCCCCC)COC1OC(COC2OC(CO)C(O)C(O)C2O)C(O)C(O)C1O. The Kier molecular flexibility index (Phi) is 45.1. The molecule has 77 heavy (non-hydrogen) atoms. The highest BCUT2D eigenvalue weighted by molar-refractivity contribution is 5.69. The molecule has 0 spiro atoms. The van der Waals surface area contributed by atoms with Crippen LogP contribution in [0.4, 0.5) is 0 Å². The Labute approximate surface area is 466 Å². The summed E-state index contributed by atoms with van der Waals surface area (Å²) < 4.78 is 34.3. The summed E-state index contributed by atoms with van der Waals surface area (Å²) in [6, 6.07) is 0. The lowest BCUT2D eigenvalue weighted by atomic mass is 9.98. The minimum atomic E-state index is -1.72. The van der Waals surface area contributed by atoms with Gasteiger partial charge in [-0.25, -0.2) is 0 Å². The largest absolute Gasteiger partial charge is 0.457 e. The number of carbonyl (C=O) groups excluding carboxylic acids is 1. The van der Waals surface area contributed by atoms with Crippen molar-refractivity contribution in [2.75, 3.05) is 33.0 Å². The molecule has 2 fully saturated rings. The highest BCUT2D eigenvalue weighted by Gasteiger charge is 2.47. The highest BCUT2D eigenvalue weighted by Crippen LogP contribution is 2.27. The lowest BCUT2D eigenvalue weighted by molar-refractivity contribution is -0.332. The van der Waals surface area contributed by atoms with Gasteiger partial charge in [-0.1, -0.05) is 234 Å². The third-order valence-corrected chi connectivity index (χ3v) is 14.2. The molecule has 2 saturated heterocycles. The van der Waals surface area contributed by atoms with Crippen LogP contribution in [-0.2, 0) is 33.2 Å². The second-order valence-corrected chi connectivity index (χ2v) is 21.2. The Hall–Kier alpha value is -2.57. The van der Waals surface area contributed by atoms with Gasteiger partial charge in [-0.3, -0.25) is 4.79 Å². The van der Waals surface area contributed by atoms with Crippen LogP contribution in [-0.4, -0.2) is 142 Å². The zero-order valence-corrected chi connectivity index (χ0v) is 47.9. The molecule has 7 N–H and O–H groups in total. The molecule has 14 nitrogen and oxygen atoms in total. The number of aliphatic hydroxyl groups is 7. The van der Waals surface area contributed by atoms with Gasteiger partial charge in [-0.15, -0.1) is 0 Å². The summed E-state index contributed by atoms with van der Waals surface area (Å²) in [5, 5.41) is 72.4. The first-order valence-electron chi connectivity index (χ1n) is 30.5. The van der Waals surface area contributed by atoms with Crippen LogP contribution in [0.1, 0.15) is 219 Å². The van der Waals surface area contributed by atoms with Crippen LogP contribution in [0.2, 0.25) is 0 Å². The zero-order chi connectivity index (χ0) is 55.8. The minimum Gasteiger partial charge on any atom is -0.457 e. The van der Waals surface area contributed by atoms with Gasteiger partial charge in [0.15, 0.2) is 12.6 Å². The predicted octanol–water partition coefficient (Wildman–Crippen LogP) is 11.4. The normalized spacial score (nSPS) is 24.8. The van der Waals surface area contributed by atoms with E-state index in [-0.39, 0.29) is 19.6 Å². The van der Waals surface area contributed by atoms with Crippen molar-refractivity contribution in [1.29, 1.82) is 0 Å². The van der Waals surface area contributed by atoms with Gasteiger partial charge in [-0.2, -0.15) is 0 Å². The van der Waals surface area contributed by atoms with Crippen molar-refractivity contribution in [2.24, 2.45) is 0 Å². The Balaban J connectivity index is 1.71. The summed E-state index contributed by atoms with van der Waals surface area (Å²) in [6.45, 7) is 3.50. The Morgan fingerprint density at radius 3 is 1.25 bits per heavy atom. The van der Waals surface area contributed by atoms with Crippen LogP contribution < -0.4 is 0 Å². The monoisotopic (exact) mass is 1090 g/mol. The molecule has 11 unspecified atom stereocenters. The van der Waals surface area contributed by atoms with Gasteiger partial charge >= 0.3 is 5.97 Å². The lowest BCUT2D eigenvalue weighted by Crippen LogP contribution is -2.61. The average molecular weight is 1090 g/mol. The van der Waals surface area contributed by atoms with Crippen molar-refractivity contribution in [3.63, 3.8) is 0 Å². The molecule has 0 aliphatic carbocycles. The topological polar surface area (TPSA) is 214 Å². The van der Waals surface area contributed by atoms with Crippen LogP contribution in [0, 0.1) is 0 Å². The van der Waals surface area contributed by atoms with E-state index in [1.54, 1.807) is 0 Å². The third-order valence-electron chi connectivity index (χ3n) is 14.2. The number of aliphatic hydroxyl groups excluding tert-OH is 7. The van der Waals surface area contributed by atoms with Crippen molar-refractivity contribution in [1.82, 2.24) is 0 Å². The lowest BCUT2D eigenvalue weighted by Gasteiger charge is -2.42. The number of esters is 1. The second-order valence-electron chi connectivity index (χ2n) is 21.2. The fraction of sp³-hybridized carbons (Fsp3) is 0.794. The van der Waals surface area contributed by atoms with Gasteiger partial charge in [0.05, 0.1) is 26.4 Å². The Morgan fingerprint density at radius 1 is 0.442 bits per heavy atom. The van der Waals surface area contributed by atoms with Crippen LogP contribution >= 0.6 is 0 Å². The smallest absolute Gasteiger partial charge is 0.306 e. The van der Waals surface area contributed by atoms with E-state index in [1.807, 2.05) is 12.2 Å². The molecule has 14 heteroatoms. The highest BCUT2D eigenvalue weighted by atomic mass is 16.7. The van der Waals surface area contributed by atoms with Crippen LogP contribution in [0.5, 0.6) is 0 Å². The first-order chi connectivity index (χ1) is 37.6. The molecule has 0 saturated carbocycles. The molecule has 2 heterocycles. The van der Waals surface area contributed by atoms with Gasteiger partial charge in [0.2, 0.25) is 0 Å². The number of hydrogen-bond donors (Lipinski definition) is 7. The van der Waals surface area contributed by atoms with Gasteiger partial charge in [-0.05, 0) is 51.4 Å². The molecule has 11 atom stereocenters. The van der Waals surface area contributed by atoms with E-state index in [4.69, 9.17) is 28.4 Å². The standard InChI is InChI=1S/C63H110O14/c1-3-5-7-9-11-13-15-17-19-21-23-24-25-26-27-29-31-33-35-37-39-41-43-45-47-72-49-52(75-55(65)46-44-42-40-38-36-34-32-30-28-22-20-18-16-14-12-10-8-6-4-2)50-73-62-61(71)59(69)57(67)54(77-62)51-74-63-60(70)58(68)56(66)53(48-64)76-63/h6,8,12,14,18,20,28,30,34,36,40,42,52-54,56-64,66-71H,3-5,7,9-11,13,15-17,19,21-27,29,31-33,35,37-39,41,43-51H2,1-2H3/b8-6-,14-12-,20-18-,30-28-,36-34-,42-40-. The van der Waals surface area contributed by atoms with Crippen LogP contribution in [0.15, 0.2) is 72.9 Å². The van der Waals surface area contributed by atoms with E-state index in [0.717, 1.165) is 57.8 Å². The zero-order valence-electron chi connectivity index (χ0n) is 47.9. The fourth-order valence-corrected chi connectivity index (χ4v) is 9.37. The maximum atomic E-state index is 13.0. The third kappa shape index (κ3) is 35.7. The van der Waals surface area contributed by atoms with E-state index in [2.05, 4.69) is 74.6 Å². The summed E-state index contributed by atoms with van der Waals surface area (Å²) in [7, 11) is 0. The molecule has 2 aliphatic heterocycles. The van der Waals surface area contributed by atoms with Crippen molar-refractivity contribution in [2.45, 2.75) is 287 Å². The van der Waals surface area contributed by atoms with Gasteiger partial charge in [0.25, 0.3) is 0 Å². The minimum absolute atomic E-state index is 0.0304. The van der Waals surface area contributed by atoms with E-state index in [0.29, 0.717) is 13.0 Å². The molecule has 2 aliphatic rings. The van der Waals surface area contributed by atoms with Crippen molar-refractivity contribution >= 4 is 5.97 Å². The molecule has 0 aromatic heterocycles. The Bertz CT molecular complexity index is 1550. The number of rotatable bonds is 49. The average Bonchev–Trinajstić information content (AvgIpc) is 3.43. The van der Waals surface area contributed by atoms with Crippen LogP contribution in [0.3, 0.4) is 0 Å². The number of ether oxygens (including phenoxy) is 6. The van der Waals surface area contributed by atoms with E-state index >= 15 is 0 Å². The molecule has 2 rings (SSSR count). The number of allylic oxidation sites excluding steroid dienone is 12. The molecule has 0 aromatic rings. The molecule has 0 amide bonds. The van der Waals surface area contributed by atoms with Gasteiger partial charge in [0.1, 0.15) is 54.9 Å².